The summed E-state index contributed by atoms with van der Waals surface area (Å²) >= 11 is 0. The van der Waals surface area contributed by atoms with Gasteiger partial charge in [-0.05, 0) is 43.9 Å². The molecule has 3 rings (SSSR count). The Balaban J connectivity index is 0.00000182. The first kappa shape index (κ1) is 23.9. The van der Waals surface area contributed by atoms with Gasteiger partial charge in [-0.2, -0.15) is 0 Å². The molecule has 1 aliphatic carbocycles. The van der Waals surface area contributed by atoms with E-state index in [1.54, 1.807) is 0 Å². The molecule has 5 nitrogen and oxygen atoms in total. The van der Waals surface area contributed by atoms with Crippen LogP contribution in [0, 0.1) is 0 Å². The minimum absolute atomic E-state index is 0. The maximum atomic E-state index is 12.7. The molecule has 1 aromatic carbocycles. The van der Waals surface area contributed by atoms with Crippen LogP contribution in [0.25, 0.3) is 0 Å². The molecule has 154 valence electrons. The first-order chi connectivity index (χ1) is 12.0. The van der Waals surface area contributed by atoms with Crippen molar-refractivity contribution >= 4 is 18.3 Å². The van der Waals surface area contributed by atoms with Gasteiger partial charge < -0.3 is 15.3 Å². The molecule has 1 atom stereocenters. The lowest BCUT2D eigenvalue weighted by Crippen LogP contribution is -2.48. The van der Waals surface area contributed by atoms with Gasteiger partial charge in [0, 0.05) is 33.2 Å². The van der Waals surface area contributed by atoms with Crippen molar-refractivity contribution in [2.24, 2.45) is 0 Å². The van der Waals surface area contributed by atoms with E-state index >= 15 is 0 Å². The number of nitrogens with zero attached hydrogens (tertiary/aromatic N) is 3. The van der Waals surface area contributed by atoms with E-state index in [-0.39, 0.29) is 29.8 Å². The Labute approximate surface area is 170 Å². The van der Waals surface area contributed by atoms with Gasteiger partial charge in [0.1, 0.15) is 0 Å². The Morgan fingerprint density at radius 3 is 2.22 bits per heavy atom. The number of carbonyl (C=O) groups is 1. The smallest absolute Gasteiger partial charge is 0.236 e. The molecule has 0 bridgehead atoms. The van der Waals surface area contributed by atoms with E-state index in [9.17, 15) is 4.79 Å². The van der Waals surface area contributed by atoms with E-state index in [1.807, 2.05) is 11.9 Å². The van der Waals surface area contributed by atoms with Crippen LogP contribution >= 0.6 is 12.4 Å². The van der Waals surface area contributed by atoms with E-state index in [4.69, 9.17) is 0 Å². The third-order valence-electron chi connectivity index (χ3n) is 6.17. The van der Waals surface area contributed by atoms with Crippen LogP contribution in [0.2, 0.25) is 0 Å². The van der Waals surface area contributed by atoms with Crippen molar-refractivity contribution in [2.45, 2.75) is 44.6 Å². The van der Waals surface area contributed by atoms with Gasteiger partial charge in [0.05, 0.1) is 12.6 Å². The fourth-order valence-electron chi connectivity index (χ4n) is 4.05. The SMILES string of the molecule is CC(c1ccc(C2CCCC2)cc1)N(C)C(=O)CN1CCN(C)CC1.Cl.O. The molecular formula is C21H36ClN3O2. The van der Waals surface area contributed by atoms with Crippen LogP contribution in [-0.4, -0.2) is 72.9 Å². The van der Waals surface area contributed by atoms with Crippen molar-refractivity contribution in [3.05, 3.63) is 35.4 Å². The zero-order valence-corrected chi connectivity index (χ0v) is 17.8. The number of hydrogen-bond donors (Lipinski definition) is 0. The van der Waals surface area contributed by atoms with Gasteiger partial charge in [-0.1, -0.05) is 37.1 Å². The van der Waals surface area contributed by atoms with Crippen LogP contribution in [-0.2, 0) is 4.79 Å². The average molecular weight is 398 g/mol. The van der Waals surface area contributed by atoms with Crippen molar-refractivity contribution in [1.29, 1.82) is 0 Å². The van der Waals surface area contributed by atoms with E-state index in [2.05, 4.69) is 48.0 Å². The molecule has 0 spiro atoms. The third-order valence-corrected chi connectivity index (χ3v) is 6.17. The lowest BCUT2D eigenvalue weighted by molar-refractivity contribution is -0.133. The minimum Gasteiger partial charge on any atom is -0.412 e. The normalized spacial score (nSPS) is 19.8. The summed E-state index contributed by atoms with van der Waals surface area (Å²) in [5.74, 6) is 0.970. The summed E-state index contributed by atoms with van der Waals surface area (Å²) in [5.41, 5.74) is 2.70. The molecule has 1 aliphatic heterocycles. The van der Waals surface area contributed by atoms with E-state index < -0.39 is 0 Å². The number of benzene rings is 1. The van der Waals surface area contributed by atoms with E-state index in [0.717, 1.165) is 32.1 Å². The lowest BCUT2D eigenvalue weighted by Gasteiger charge is -2.34. The lowest BCUT2D eigenvalue weighted by atomic mass is 9.95. The molecule has 1 saturated carbocycles. The van der Waals surface area contributed by atoms with Gasteiger partial charge in [-0.25, -0.2) is 0 Å². The van der Waals surface area contributed by atoms with Crippen LogP contribution in [0.3, 0.4) is 0 Å². The van der Waals surface area contributed by atoms with E-state index in [1.165, 1.54) is 36.8 Å². The molecule has 6 heteroatoms. The molecule has 27 heavy (non-hydrogen) atoms. The predicted octanol–water partition coefficient (Wildman–Crippen LogP) is 2.71. The first-order valence-electron chi connectivity index (χ1n) is 9.81. The Morgan fingerprint density at radius 2 is 1.67 bits per heavy atom. The number of likely N-dealkylation sites (N-methyl/N-ethyl adjacent to an activating group) is 2. The van der Waals surface area contributed by atoms with Crippen LogP contribution in [0.15, 0.2) is 24.3 Å². The van der Waals surface area contributed by atoms with E-state index in [0.29, 0.717) is 6.54 Å². The number of piperazine rings is 1. The van der Waals surface area contributed by atoms with Crippen LogP contribution < -0.4 is 0 Å². The van der Waals surface area contributed by atoms with Crippen LogP contribution in [0.1, 0.15) is 55.7 Å². The van der Waals surface area contributed by atoms with Crippen LogP contribution in [0.4, 0.5) is 0 Å². The molecule has 0 radical (unpaired) electrons. The average Bonchev–Trinajstić information content (AvgIpc) is 3.17. The summed E-state index contributed by atoms with van der Waals surface area (Å²) in [6.45, 7) is 6.74. The maximum absolute atomic E-state index is 12.7. The highest BCUT2D eigenvalue weighted by molar-refractivity contribution is 5.85. The maximum Gasteiger partial charge on any atom is 0.236 e. The monoisotopic (exact) mass is 397 g/mol. The number of halogens is 1. The van der Waals surface area contributed by atoms with Gasteiger partial charge in [0.25, 0.3) is 0 Å². The van der Waals surface area contributed by atoms with Gasteiger partial charge in [-0.15, -0.1) is 12.4 Å². The second-order valence-corrected chi connectivity index (χ2v) is 7.91. The van der Waals surface area contributed by atoms with Gasteiger partial charge in [0.2, 0.25) is 5.91 Å². The topological polar surface area (TPSA) is 58.3 Å². The van der Waals surface area contributed by atoms with Crippen molar-refractivity contribution in [1.82, 2.24) is 14.7 Å². The minimum atomic E-state index is 0. The van der Waals surface area contributed by atoms with Crippen LogP contribution in [0.5, 0.6) is 0 Å². The standard InChI is InChI=1S/C21H33N3O.ClH.H2O/c1-17(18-8-10-20(11-9-18)19-6-4-5-7-19)23(3)21(25)16-24-14-12-22(2)13-15-24;;/h8-11,17,19H,4-7,12-16H2,1-3H3;1H;1H2. The zero-order valence-electron chi connectivity index (χ0n) is 17.0. The number of carbonyl (C=O) groups excluding carboxylic acids is 1. The molecule has 1 amide bonds. The molecule has 1 heterocycles. The molecule has 1 aromatic rings. The molecule has 1 saturated heterocycles. The zero-order chi connectivity index (χ0) is 17.8. The molecule has 1 unspecified atom stereocenters. The molecule has 2 N–H and O–H groups in total. The largest absolute Gasteiger partial charge is 0.412 e. The van der Waals surface area contributed by atoms with Crippen molar-refractivity contribution in [3.63, 3.8) is 0 Å². The highest BCUT2D eigenvalue weighted by Crippen LogP contribution is 2.34. The van der Waals surface area contributed by atoms with Crippen molar-refractivity contribution < 1.29 is 10.3 Å². The van der Waals surface area contributed by atoms with Gasteiger partial charge in [-0.3, -0.25) is 9.69 Å². The summed E-state index contributed by atoms with van der Waals surface area (Å²) < 4.78 is 0. The summed E-state index contributed by atoms with van der Waals surface area (Å²) in [4.78, 5) is 19.2. The Morgan fingerprint density at radius 1 is 1.11 bits per heavy atom. The number of hydrogen-bond acceptors (Lipinski definition) is 3. The second kappa shape index (κ2) is 11.0. The second-order valence-electron chi connectivity index (χ2n) is 7.91. The van der Waals surface area contributed by atoms with Crippen molar-refractivity contribution in [2.75, 3.05) is 46.8 Å². The number of rotatable bonds is 5. The van der Waals surface area contributed by atoms with Crippen molar-refractivity contribution in [3.8, 4) is 0 Å². The third kappa shape index (κ3) is 6.18. The summed E-state index contributed by atoms with van der Waals surface area (Å²) in [7, 11) is 4.08. The van der Waals surface area contributed by atoms with Gasteiger partial charge in [0.15, 0.2) is 0 Å². The summed E-state index contributed by atoms with van der Waals surface area (Å²) in [5, 5.41) is 0. The highest BCUT2D eigenvalue weighted by Gasteiger charge is 2.22. The Kier molecular flexibility index (Phi) is 9.74. The molecule has 2 aliphatic rings. The Bertz CT molecular complexity index is 567. The fourth-order valence-corrected chi connectivity index (χ4v) is 4.05. The number of amides is 1. The summed E-state index contributed by atoms with van der Waals surface area (Å²) in [6, 6.07) is 9.12. The molecule has 0 aromatic heterocycles. The summed E-state index contributed by atoms with van der Waals surface area (Å²) in [6.07, 6.45) is 5.40. The fraction of sp³-hybridized carbons (Fsp3) is 0.667. The molecular weight excluding hydrogens is 362 g/mol. The quantitative estimate of drug-likeness (QED) is 0.767. The Hall–Kier alpha value is -1.14. The van der Waals surface area contributed by atoms with Gasteiger partial charge >= 0.3 is 0 Å². The highest BCUT2D eigenvalue weighted by atomic mass is 35.5. The predicted molar refractivity (Wildman–Crippen MR) is 114 cm³/mol. The molecule has 2 fully saturated rings. The first-order valence-corrected chi connectivity index (χ1v) is 9.81.